The minimum absolute atomic E-state index is 0.482. The number of terminal acetylenes is 1. The Morgan fingerprint density at radius 2 is 1.92 bits per heavy atom. The Kier molecular flexibility index (Phi) is 4.41. The average molecular weight is 220 g/mol. The van der Waals surface area contributed by atoms with Crippen molar-refractivity contribution in [2.45, 2.75) is 32.2 Å². The molecule has 0 spiro atoms. The maximum atomic E-state index is 12.0. The highest BCUT2D eigenvalue weighted by molar-refractivity contribution is 7.56. The van der Waals surface area contributed by atoms with E-state index in [0.717, 1.165) is 0 Å². The van der Waals surface area contributed by atoms with Crippen molar-refractivity contribution in [3.8, 4) is 12.3 Å². The zero-order valence-electron chi connectivity index (χ0n) is 8.83. The maximum absolute atomic E-state index is 12.0. The van der Waals surface area contributed by atoms with Gasteiger partial charge in [0.25, 0.3) is 0 Å². The lowest BCUT2D eigenvalue weighted by molar-refractivity contribution is 0.316. The topological polar surface area (TPSA) is 35.5 Å². The summed E-state index contributed by atoms with van der Waals surface area (Å²) in [5.74, 6) is 2.39. The van der Waals surface area contributed by atoms with Crippen molar-refractivity contribution in [2.24, 2.45) is 0 Å². The van der Waals surface area contributed by atoms with Crippen molar-refractivity contribution in [3.05, 3.63) is 0 Å². The molecule has 2 atom stereocenters. The monoisotopic (exact) mass is 220 g/mol. The Balaban J connectivity index is 4.69. The first-order chi connectivity index (χ1) is 5.75. The van der Waals surface area contributed by atoms with E-state index in [1.165, 1.54) is 7.11 Å². The largest absolute Gasteiger partial charge is 0.350 e. The molecule has 0 heterocycles. The SMILES string of the molecule is C#C[C@@H](C)[P@](=O)(OC)O[Si](C)(C)C. The van der Waals surface area contributed by atoms with Gasteiger partial charge in [-0.3, -0.25) is 4.57 Å². The summed E-state index contributed by atoms with van der Waals surface area (Å²) >= 11 is 0. The van der Waals surface area contributed by atoms with Gasteiger partial charge in [-0.2, -0.15) is 0 Å². The van der Waals surface area contributed by atoms with Crippen LogP contribution in [-0.4, -0.2) is 21.1 Å². The molecular weight excluding hydrogens is 203 g/mol. The van der Waals surface area contributed by atoms with E-state index in [2.05, 4.69) is 5.92 Å². The van der Waals surface area contributed by atoms with Crippen LogP contribution in [0.2, 0.25) is 19.6 Å². The molecule has 0 N–H and O–H groups in total. The fourth-order valence-corrected chi connectivity index (χ4v) is 5.23. The van der Waals surface area contributed by atoms with E-state index in [1.54, 1.807) is 6.92 Å². The van der Waals surface area contributed by atoms with Crippen molar-refractivity contribution in [2.75, 3.05) is 7.11 Å². The Labute approximate surface area is 81.5 Å². The van der Waals surface area contributed by atoms with Crippen LogP contribution in [-0.2, 0) is 13.3 Å². The lowest BCUT2D eigenvalue weighted by atomic mass is 10.5. The van der Waals surface area contributed by atoms with E-state index < -0.39 is 21.6 Å². The Hall–Kier alpha value is -0.0731. The molecule has 5 heteroatoms. The van der Waals surface area contributed by atoms with Gasteiger partial charge in [-0.15, -0.1) is 6.42 Å². The van der Waals surface area contributed by atoms with Gasteiger partial charge in [-0.25, -0.2) is 0 Å². The number of hydrogen-bond donors (Lipinski definition) is 0. The molecule has 0 unspecified atom stereocenters. The maximum Gasteiger partial charge on any atom is 0.335 e. The molecule has 3 nitrogen and oxygen atoms in total. The van der Waals surface area contributed by atoms with E-state index in [4.69, 9.17) is 15.2 Å². The summed E-state index contributed by atoms with van der Waals surface area (Å²) in [5, 5.41) is 0. The van der Waals surface area contributed by atoms with Gasteiger partial charge in [0.1, 0.15) is 5.66 Å². The third-order valence-electron chi connectivity index (χ3n) is 1.37. The van der Waals surface area contributed by atoms with Gasteiger partial charge in [0.05, 0.1) is 0 Å². The Bertz CT molecular complexity index is 251. The van der Waals surface area contributed by atoms with Gasteiger partial charge in [0.15, 0.2) is 8.32 Å². The summed E-state index contributed by atoms with van der Waals surface area (Å²) in [4.78, 5) is 0. The predicted molar refractivity (Wildman–Crippen MR) is 57.3 cm³/mol. The predicted octanol–water partition coefficient (Wildman–Crippen LogP) is 2.70. The van der Waals surface area contributed by atoms with Gasteiger partial charge < -0.3 is 8.74 Å². The van der Waals surface area contributed by atoms with Crippen molar-refractivity contribution < 1.29 is 13.3 Å². The van der Waals surface area contributed by atoms with Gasteiger partial charge in [-0.1, -0.05) is 5.92 Å². The lowest BCUT2D eigenvalue weighted by Gasteiger charge is -2.26. The third kappa shape index (κ3) is 4.10. The quantitative estimate of drug-likeness (QED) is 0.415. The first-order valence-electron chi connectivity index (χ1n) is 4.07. The van der Waals surface area contributed by atoms with Crippen LogP contribution in [0, 0.1) is 12.3 Å². The van der Waals surface area contributed by atoms with Crippen LogP contribution in [0.25, 0.3) is 0 Å². The molecule has 0 bridgehead atoms. The Morgan fingerprint density at radius 1 is 1.46 bits per heavy atom. The average Bonchev–Trinajstić information content (AvgIpc) is 1.99. The van der Waals surface area contributed by atoms with Crippen LogP contribution >= 0.6 is 7.60 Å². The molecular formula is C8H17O3PSi. The van der Waals surface area contributed by atoms with E-state index in [1.807, 2.05) is 19.6 Å². The van der Waals surface area contributed by atoms with E-state index in [-0.39, 0.29) is 0 Å². The molecule has 0 aromatic rings. The fourth-order valence-electron chi connectivity index (χ4n) is 0.747. The van der Waals surface area contributed by atoms with E-state index in [0.29, 0.717) is 0 Å². The summed E-state index contributed by atoms with van der Waals surface area (Å²) in [7, 11) is -3.59. The molecule has 0 fully saturated rings. The summed E-state index contributed by atoms with van der Waals surface area (Å²) in [6, 6.07) is 0. The highest BCUT2D eigenvalue weighted by Crippen LogP contribution is 2.53. The molecule has 0 saturated carbocycles. The van der Waals surface area contributed by atoms with E-state index >= 15 is 0 Å². The van der Waals surface area contributed by atoms with Crippen LogP contribution in [0.15, 0.2) is 0 Å². The molecule has 0 aliphatic carbocycles. The fraction of sp³-hybridized carbons (Fsp3) is 0.750. The van der Waals surface area contributed by atoms with Crippen LogP contribution in [0.4, 0.5) is 0 Å². The first-order valence-corrected chi connectivity index (χ1v) is 9.09. The van der Waals surface area contributed by atoms with Crippen LogP contribution < -0.4 is 0 Å². The zero-order valence-corrected chi connectivity index (χ0v) is 10.7. The van der Waals surface area contributed by atoms with Crippen LogP contribution in [0.3, 0.4) is 0 Å². The van der Waals surface area contributed by atoms with Gasteiger partial charge in [0, 0.05) is 7.11 Å². The molecule has 0 radical (unpaired) electrons. The smallest absolute Gasteiger partial charge is 0.335 e. The summed E-state index contributed by atoms with van der Waals surface area (Å²) in [6.07, 6.45) is 5.19. The third-order valence-corrected chi connectivity index (χ3v) is 6.19. The lowest BCUT2D eigenvalue weighted by Crippen LogP contribution is -2.26. The normalized spacial score (nSPS) is 18.8. The second-order valence-corrected chi connectivity index (χ2v) is 10.9. The Morgan fingerprint density at radius 3 is 2.15 bits per heavy atom. The summed E-state index contributed by atoms with van der Waals surface area (Å²) in [6.45, 7) is 7.51. The number of hydrogen-bond acceptors (Lipinski definition) is 3. The molecule has 0 amide bonds. The first kappa shape index (κ1) is 12.9. The van der Waals surface area contributed by atoms with Crippen molar-refractivity contribution in [1.29, 1.82) is 0 Å². The molecule has 0 aromatic heterocycles. The highest BCUT2D eigenvalue weighted by atomic mass is 31.2. The van der Waals surface area contributed by atoms with Gasteiger partial charge in [-0.05, 0) is 26.6 Å². The highest BCUT2D eigenvalue weighted by Gasteiger charge is 2.35. The van der Waals surface area contributed by atoms with Crippen LogP contribution in [0.5, 0.6) is 0 Å². The second kappa shape index (κ2) is 4.43. The molecule has 0 saturated heterocycles. The van der Waals surface area contributed by atoms with Crippen LogP contribution in [0.1, 0.15) is 6.92 Å². The van der Waals surface area contributed by atoms with Crippen molar-refractivity contribution in [3.63, 3.8) is 0 Å². The number of rotatable bonds is 4. The second-order valence-electron chi connectivity index (χ2n) is 3.77. The minimum atomic E-state index is -3.09. The van der Waals surface area contributed by atoms with Crippen molar-refractivity contribution >= 4 is 15.9 Å². The van der Waals surface area contributed by atoms with Gasteiger partial charge >= 0.3 is 7.60 Å². The molecule has 13 heavy (non-hydrogen) atoms. The zero-order chi connectivity index (χ0) is 10.7. The molecule has 0 aliphatic heterocycles. The summed E-state index contributed by atoms with van der Waals surface area (Å²) in [5.41, 5.74) is -0.482. The van der Waals surface area contributed by atoms with Crippen molar-refractivity contribution in [1.82, 2.24) is 0 Å². The molecule has 0 aliphatic rings. The molecule has 0 aromatic carbocycles. The standard InChI is InChI=1S/C8H17O3PSi/c1-7-8(2)12(9,10-3)11-13(4,5)6/h1,8H,2-6H3/t8-,12+/m1/s1. The van der Waals surface area contributed by atoms with E-state index in [9.17, 15) is 4.57 Å². The molecule has 76 valence electrons. The van der Waals surface area contributed by atoms with Gasteiger partial charge in [0.2, 0.25) is 0 Å². The minimum Gasteiger partial charge on any atom is -0.350 e. The molecule has 0 rings (SSSR count). The summed E-state index contributed by atoms with van der Waals surface area (Å²) < 4.78 is 22.3.